The number of rotatable bonds is 6. The third-order valence-corrected chi connectivity index (χ3v) is 4.50. The minimum Gasteiger partial charge on any atom is -0.493 e. The fourth-order valence-corrected chi connectivity index (χ4v) is 3.29. The van der Waals surface area contributed by atoms with Gasteiger partial charge in [0.05, 0.1) is 12.0 Å². The molecule has 0 aliphatic heterocycles. The van der Waals surface area contributed by atoms with Crippen molar-refractivity contribution in [2.24, 2.45) is 0 Å². The molecule has 0 heterocycles. The number of benzene rings is 2. The molecule has 0 bridgehead atoms. The Morgan fingerprint density at radius 3 is 2.35 bits per heavy atom. The van der Waals surface area contributed by atoms with Crippen LogP contribution in [0.25, 0.3) is 0 Å². The monoisotopic (exact) mass is 337 g/mol. The maximum Gasteiger partial charge on any atom is 0.339 e. The zero-order chi connectivity index (χ0) is 17.0. The van der Waals surface area contributed by atoms with Crippen molar-refractivity contribution < 1.29 is 22.3 Å². The molecule has 8 heteroatoms. The van der Waals surface area contributed by atoms with E-state index >= 15 is 0 Å². The standard InChI is InChI=1S/C15H15NO6S/c1-3-11-8-9-12(16(17)18)10-15(11)23(19,20)22-14-7-5-4-6-13(14)21-2/h4-10H,3H2,1-2H3. The summed E-state index contributed by atoms with van der Waals surface area (Å²) in [5.74, 6) is 0.267. The van der Waals surface area contributed by atoms with E-state index in [1.54, 1.807) is 25.1 Å². The van der Waals surface area contributed by atoms with E-state index in [0.717, 1.165) is 6.07 Å². The highest BCUT2D eigenvalue weighted by Gasteiger charge is 2.24. The van der Waals surface area contributed by atoms with Crippen LogP contribution in [0.4, 0.5) is 5.69 Å². The minimum atomic E-state index is -4.23. The van der Waals surface area contributed by atoms with Crippen molar-refractivity contribution in [2.75, 3.05) is 7.11 Å². The Bertz CT molecular complexity index is 832. The van der Waals surface area contributed by atoms with E-state index in [-0.39, 0.29) is 22.1 Å². The van der Waals surface area contributed by atoms with Gasteiger partial charge in [0.2, 0.25) is 0 Å². The summed E-state index contributed by atoms with van der Waals surface area (Å²) in [7, 11) is -2.84. The van der Waals surface area contributed by atoms with Crippen LogP contribution in [0, 0.1) is 10.1 Å². The predicted molar refractivity (Wildman–Crippen MR) is 83.3 cm³/mol. The largest absolute Gasteiger partial charge is 0.493 e. The van der Waals surface area contributed by atoms with Gasteiger partial charge in [-0.1, -0.05) is 25.1 Å². The van der Waals surface area contributed by atoms with Crippen LogP contribution in [-0.2, 0) is 16.5 Å². The lowest BCUT2D eigenvalue weighted by atomic mass is 10.1. The SMILES string of the molecule is CCc1ccc([N+](=O)[O-])cc1S(=O)(=O)Oc1ccccc1OC. The van der Waals surface area contributed by atoms with Crippen LogP contribution in [0.3, 0.4) is 0 Å². The lowest BCUT2D eigenvalue weighted by molar-refractivity contribution is -0.385. The number of para-hydroxylation sites is 2. The van der Waals surface area contributed by atoms with Gasteiger partial charge in [0, 0.05) is 12.1 Å². The van der Waals surface area contributed by atoms with Gasteiger partial charge in [0.15, 0.2) is 11.5 Å². The number of nitrogens with zero attached hydrogens (tertiary/aromatic N) is 1. The minimum absolute atomic E-state index is 0.0172. The van der Waals surface area contributed by atoms with Gasteiger partial charge in [-0.3, -0.25) is 10.1 Å². The topological polar surface area (TPSA) is 95.7 Å². The van der Waals surface area contributed by atoms with E-state index < -0.39 is 15.0 Å². The highest BCUT2D eigenvalue weighted by Crippen LogP contribution is 2.31. The third-order valence-electron chi connectivity index (χ3n) is 3.18. The lowest BCUT2D eigenvalue weighted by Crippen LogP contribution is -2.13. The molecule has 7 nitrogen and oxygen atoms in total. The number of hydrogen-bond acceptors (Lipinski definition) is 6. The first-order chi connectivity index (χ1) is 10.9. The van der Waals surface area contributed by atoms with Gasteiger partial charge in [0.1, 0.15) is 4.90 Å². The highest BCUT2D eigenvalue weighted by atomic mass is 32.2. The molecule has 23 heavy (non-hydrogen) atoms. The van der Waals surface area contributed by atoms with Gasteiger partial charge in [-0.2, -0.15) is 8.42 Å². The summed E-state index contributed by atoms with van der Waals surface area (Å²) in [5.41, 5.74) is 0.120. The van der Waals surface area contributed by atoms with Gasteiger partial charge >= 0.3 is 10.1 Å². The first-order valence-corrected chi connectivity index (χ1v) is 8.14. The number of non-ortho nitro benzene ring substituents is 1. The molecular formula is C15H15NO6S. The number of aryl methyl sites for hydroxylation is 1. The van der Waals surface area contributed by atoms with Gasteiger partial charge in [-0.05, 0) is 24.1 Å². The molecule has 122 valence electrons. The van der Waals surface area contributed by atoms with Crippen LogP contribution >= 0.6 is 0 Å². The van der Waals surface area contributed by atoms with Crippen LogP contribution in [0.2, 0.25) is 0 Å². The van der Waals surface area contributed by atoms with Crippen molar-refractivity contribution in [2.45, 2.75) is 18.2 Å². The highest BCUT2D eigenvalue weighted by molar-refractivity contribution is 7.87. The summed E-state index contributed by atoms with van der Waals surface area (Å²) in [6, 6.07) is 9.95. The molecule has 0 saturated carbocycles. The molecule has 0 amide bonds. The first-order valence-electron chi connectivity index (χ1n) is 6.74. The van der Waals surface area contributed by atoms with E-state index in [9.17, 15) is 18.5 Å². The fourth-order valence-electron chi connectivity index (χ4n) is 2.03. The van der Waals surface area contributed by atoms with Crippen molar-refractivity contribution in [3.63, 3.8) is 0 Å². The second-order valence-electron chi connectivity index (χ2n) is 4.59. The summed E-state index contributed by atoms with van der Waals surface area (Å²) in [5, 5.41) is 10.9. The van der Waals surface area contributed by atoms with Crippen molar-refractivity contribution in [3.8, 4) is 11.5 Å². The molecule has 0 saturated heterocycles. The van der Waals surface area contributed by atoms with E-state index in [4.69, 9.17) is 8.92 Å². The summed E-state index contributed by atoms with van der Waals surface area (Å²) in [6.07, 6.45) is 0.391. The molecule has 0 atom stereocenters. The number of nitro benzene ring substituents is 1. The van der Waals surface area contributed by atoms with Crippen molar-refractivity contribution in [1.82, 2.24) is 0 Å². The van der Waals surface area contributed by atoms with Crippen molar-refractivity contribution >= 4 is 15.8 Å². The average molecular weight is 337 g/mol. The van der Waals surface area contributed by atoms with E-state index in [1.807, 2.05) is 0 Å². The Morgan fingerprint density at radius 2 is 1.78 bits per heavy atom. The molecule has 0 aromatic heterocycles. The Morgan fingerprint density at radius 1 is 1.13 bits per heavy atom. The average Bonchev–Trinajstić information content (AvgIpc) is 2.54. The number of methoxy groups -OCH3 is 1. The van der Waals surface area contributed by atoms with Crippen LogP contribution in [0.5, 0.6) is 11.5 Å². The molecule has 0 aliphatic carbocycles. The molecule has 0 N–H and O–H groups in total. The summed E-state index contributed by atoms with van der Waals surface area (Å²) in [4.78, 5) is 10.0. The first kappa shape index (κ1) is 16.8. The summed E-state index contributed by atoms with van der Waals surface area (Å²) < 4.78 is 35.2. The fraction of sp³-hybridized carbons (Fsp3) is 0.200. The second-order valence-corrected chi connectivity index (χ2v) is 6.11. The number of nitro groups is 1. The number of ether oxygens (including phenoxy) is 1. The third kappa shape index (κ3) is 3.59. The summed E-state index contributed by atoms with van der Waals surface area (Å²) >= 11 is 0. The van der Waals surface area contributed by atoms with Gasteiger partial charge < -0.3 is 8.92 Å². The molecule has 2 aromatic carbocycles. The molecule has 0 aliphatic rings. The lowest BCUT2D eigenvalue weighted by Gasteiger charge is -2.12. The second kappa shape index (κ2) is 6.66. The van der Waals surface area contributed by atoms with Crippen molar-refractivity contribution in [1.29, 1.82) is 0 Å². The molecule has 2 aromatic rings. The molecule has 0 radical (unpaired) electrons. The maximum absolute atomic E-state index is 12.5. The Labute approximate surface area is 133 Å². The number of hydrogen-bond donors (Lipinski definition) is 0. The molecule has 2 rings (SSSR count). The Hall–Kier alpha value is -2.61. The van der Waals surface area contributed by atoms with Crippen LogP contribution in [0.1, 0.15) is 12.5 Å². The van der Waals surface area contributed by atoms with E-state index in [1.165, 1.54) is 25.3 Å². The van der Waals surface area contributed by atoms with Crippen molar-refractivity contribution in [3.05, 3.63) is 58.1 Å². The smallest absolute Gasteiger partial charge is 0.339 e. The van der Waals surface area contributed by atoms with Gasteiger partial charge in [-0.25, -0.2) is 0 Å². The zero-order valence-electron chi connectivity index (χ0n) is 12.6. The van der Waals surface area contributed by atoms with E-state index in [2.05, 4.69) is 0 Å². The van der Waals surface area contributed by atoms with Gasteiger partial charge in [0.25, 0.3) is 5.69 Å². The normalized spacial score (nSPS) is 11.0. The molecule has 0 unspecified atom stereocenters. The Kier molecular flexibility index (Phi) is 4.85. The molecular weight excluding hydrogens is 322 g/mol. The molecule has 0 fully saturated rings. The zero-order valence-corrected chi connectivity index (χ0v) is 13.4. The Balaban J connectivity index is 2.50. The van der Waals surface area contributed by atoms with Gasteiger partial charge in [-0.15, -0.1) is 0 Å². The molecule has 0 spiro atoms. The van der Waals surface area contributed by atoms with E-state index in [0.29, 0.717) is 12.0 Å². The predicted octanol–water partition coefficient (Wildman–Crippen LogP) is 2.93. The quantitative estimate of drug-likeness (QED) is 0.457. The van der Waals surface area contributed by atoms with Crippen LogP contribution in [-0.4, -0.2) is 20.5 Å². The van der Waals surface area contributed by atoms with Crippen LogP contribution in [0.15, 0.2) is 47.4 Å². The maximum atomic E-state index is 12.5. The van der Waals surface area contributed by atoms with Crippen LogP contribution < -0.4 is 8.92 Å². The summed E-state index contributed by atoms with van der Waals surface area (Å²) in [6.45, 7) is 1.75.